The second-order valence-corrected chi connectivity index (χ2v) is 6.80. The molecule has 0 spiro atoms. The number of rotatable bonds is 11. The van der Waals surface area contributed by atoms with Gasteiger partial charge in [0.1, 0.15) is 0 Å². The molecular formula is C14H31NOS. The van der Waals surface area contributed by atoms with Gasteiger partial charge in [0.25, 0.3) is 0 Å². The predicted molar refractivity (Wildman–Crippen MR) is 78.9 cm³/mol. The maximum absolute atomic E-state index is 11.7. The lowest BCUT2D eigenvalue weighted by atomic mass is 10.1. The number of unbranched alkanes of at least 4 members (excludes halogenated alkanes) is 1. The highest BCUT2D eigenvalue weighted by atomic mass is 32.2. The van der Waals surface area contributed by atoms with Crippen LogP contribution in [0.1, 0.15) is 59.8 Å². The van der Waals surface area contributed by atoms with Crippen LogP contribution in [-0.4, -0.2) is 28.3 Å². The molecule has 0 saturated heterocycles. The molecule has 0 bridgehead atoms. The van der Waals surface area contributed by atoms with Crippen LogP contribution in [0.25, 0.3) is 0 Å². The molecule has 17 heavy (non-hydrogen) atoms. The highest BCUT2D eigenvalue weighted by Crippen LogP contribution is 2.06. The Bertz CT molecular complexity index is 197. The summed E-state index contributed by atoms with van der Waals surface area (Å²) in [6, 6.07) is 0.609. The van der Waals surface area contributed by atoms with Crippen LogP contribution in [0.5, 0.6) is 0 Å². The quantitative estimate of drug-likeness (QED) is 0.578. The van der Waals surface area contributed by atoms with E-state index >= 15 is 0 Å². The molecule has 0 fully saturated rings. The summed E-state index contributed by atoms with van der Waals surface area (Å²) in [7, 11) is -0.590. The molecule has 0 radical (unpaired) electrons. The maximum atomic E-state index is 11.7. The molecule has 0 amide bonds. The van der Waals surface area contributed by atoms with Crippen molar-refractivity contribution >= 4 is 10.8 Å². The van der Waals surface area contributed by atoms with E-state index in [0.717, 1.165) is 30.9 Å². The van der Waals surface area contributed by atoms with Crippen molar-refractivity contribution in [3.05, 3.63) is 0 Å². The van der Waals surface area contributed by atoms with E-state index in [-0.39, 0.29) is 0 Å². The molecule has 3 atom stereocenters. The first-order chi connectivity index (χ1) is 8.10. The van der Waals surface area contributed by atoms with Crippen LogP contribution in [-0.2, 0) is 10.8 Å². The van der Waals surface area contributed by atoms with Crippen molar-refractivity contribution in [3.63, 3.8) is 0 Å². The first kappa shape index (κ1) is 17.1. The maximum Gasteiger partial charge on any atom is 0.0260 e. The highest BCUT2D eigenvalue weighted by Gasteiger charge is 2.06. The Hall–Kier alpha value is 0.110. The van der Waals surface area contributed by atoms with Gasteiger partial charge < -0.3 is 5.32 Å². The molecule has 1 N–H and O–H groups in total. The van der Waals surface area contributed by atoms with Gasteiger partial charge in [0.15, 0.2) is 0 Å². The summed E-state index contributed by atoms with van der Waals surface area (Å²) in [6.45, 7) is 9.91. The standard InChI is InChI=1S/C14H31NOS/c1-5-10-15-14(4)9-7-8-11-17(16)12-13(3)6-2/h13-15H,5-12H2,1-4H3. The molecule has 104 valence electrons. The predicted octanol–water partition coefficient (Wildman–Crippen LogP) is 3.34. The molecule has 0 aliphatic heterocycles. The van der Waals surface area contributed by atoms with Gasteiger partial charge in [0, 0.05) is 28.3 Å². The normalized spacial score (nSPS) is 16.7. The molecule has 0 aromatic carbocycles. The summed E-state index contributed by atoms with van der Waals surface area (Å²) in [6.07, 6.45) is 5.86. The van der Waals surface area contributed by atoms with Gasteiger partial charge in [-0.2, -0.15) is 0 Å². The summed E-state index contributed by atoms with van der Waals surface area (Å²) in [5.41, 5.74) is 0. The lowest BCUT2D eigenvalue weighted by Crippen LogP contribution is -2.26. The Morgan fingerprint density at radius 2 is 1.88 bits per heavy atom. The fraction of sp³-hybridized carbons (Fsp3) is 1.00. The summed E-state index contributed by atoms with van der Waals surface area (Å²) < 4.78 is 11.7. The molecule has 0 aromatic heterocycles. The van der Waals surface area contributed by atoms with Gasteiger partial charge in [0.05, 0.1) is 0 Å². The Morgan fingerprint density at radius 3 is 2.47 bits per heavy atom. The van der Waals surface area contributed by atoms with Gasteiger partial charge in [0.2, 0.25) is 0 Å². The second-order valence-electron chi connectivity index (χ2n) is 5.17. The topological polar surface area (TPSA) is 29.1 Å². The van der Waals surface area contributed by atoms with Gasteiger partial charge in [-0.1, -0.05) is 33.6 Å². The van der Waals surface area contributed by atoms with Crippen LogP contribution in [0.2, 0.25) is 0 Å². The van der Waals surface area contributed by atoms with Crippen LogP contribution < -0.4 is 5.32 Å². The zero-order chi connectivity index (χ0) is 13.1. The van der Waals surface area contributed by atoms with Crippen molar-refractivity contribution in [1.82, 2.24) is 5.32 Å². The van der Waals surface area contributed by atoms with Gasteiger partial charge in [-0.25, -0.2) is 0 Å². The highest BCUT2D eigenvalue weighted by molar-refractivity contribution is 7.84. The van der Waals surface area contributed by atoms with Crippen LogP contribution >= 0.6 is 0 Å². The molecule has 2 nitrogen and oxygen atoms in total. The molecule has 0 aliphatic carbocycles. The smallest absolute Gasteiger partial charge is 0.0260 e. The first-order valence-electron chi connectivity index (χ1n) is 7.18. The van der Waals surface area contributed by atoms with Crippen molar-refractivity contribution in [2.45, 2.75) is 65.8 Å². The van der Waals surface area contributed by atoms with E-state index in [1.807, 2.05) is 0 Å². The van der Waals surface area contributed by atoms with E-state index in [1.54, 1.807) is 0 Å². The zero-order valence-corrected chi connectivity index (χ0v) is 12.9. The number of hydrogen-bond donors (Lipinski definition) is 1. The fourth-order valence-electron chi connectivity index (χ4n) is 1.72. The fourth-order valence-corrected chi connectivity index (χ4v) is 3.29. The van der Waals surface area contributed by atoms with Crippen LogP contribution in [0.3, 0.4) is 0 Å². The molecule has 0 rings (SSSR count). The monoisotopic (exact) mass is 261 g/mol. The lowest BCUT2D eigenvalue weighted by Gasteiger charge is -2.13. The minimum atomic E-state index is -0.590. The molecule has 0 heterocycles. The largest absolute Gasteiger partial charge is 0.314 e. The van der Waals surface area contributed by atoms with Crippen LogP contribution in [0.4, 0.5) is 0 Å². The lowest BCUT2D eigenvalue weighted by molar-refractivity contribution is 0.495. The van der Waals surface area contributed by atoms with Crippen molar-refractivity contribution in [2.75, 3.05) is 18.1 Å². The summed E-state index contributed by atoms with van der Waals surface area (Å²) in [4.78, 5) is 0. The van der Waals surface area contributed by atoms with E-state index in [1.165, 1.54) is 19.3 Å². The van der Waals surface area contributed by atoms with Crippen molar-refractivity contribution in [1.29, 1.82) is 0 Å². The summed E-state index contributed by atoms with van der Waals surface area (Å²) in [5.74, 6) is 2.39. The first-order valence-corrected chi connectivity index (χ1v) is 8.67. The van der Waals surface area contributed by atoms with Crippen molar-refractivity contribution in [2.24, 2.45) is 5.92 Å². The Morgan fingerprint density at radius 1 is 1.18 bits per heavy atom. The third kappa shape index (κ3) is 11.0. The molecule has 0 aromatic rings. The number of hydrogen-bond acceptors (Lipinski definition) is 2. The molecule has 0 saturated carbocycles. The van der Waals surface area contributed by atoms with Crippen LogP contribution in [0, 0.1) is 5.92 Å². The summed E-state index contributed by atoms with van der Waals surface area (Å²) >= 11 is 0. The van der Waals surface area contributed by atoms with Crippen LogP contribution in [0.15, 0.2) is 0 Å². The Labute approximate surface area is 110 Å². The molecular weight excluding hydrogens is 230 g/mol. The molecule has 0 aliphatic rings. The Kier molecular flexibility index (Phi) is 11.3. The van der Waals surface area contributed by atoms with E-state index in [2.05, 4.69) is 33.0 Å². The molecule has 3 heteroatoms. The van der Waals surface area contributed by atoms with Gasteiger partial charge >= 0.3 is 0 Å². The number of nitrogens with one attached hydrogen (secondary N) is 1. The zero-order valence-electron chi connectivity index (χ0n) is 12.1. The third-order valence-electron chi connectivity index (χ3n) is 3.17. The van der Waals surface area contributed by atoms with Gasteiger partial charge in [-0.15, -0.1) is 0 Å². The van der Waals surface area contributed by atoms with E-state index in [0.29, 0.717) is 12.0 Å². The minimum Gasteiger partial charge on any atom is -0.314 e. The third-order valence-corrected chi connectivity index (χ3v) is 4.85. The van der Waals surface area contributed by atoms with Crippen molar-refractivity contribution < 1.29 is 4.21 Å². The van der Waals surface area contributed by atoms with Gasteiger partial charge in [-0.3, -0.25) is 4.21 Å². The average molecular weight is 261 g/mol. The average Bonchev–Trinajstić information content (AvgIpc) is 2.31. The SMILES string of the molecule is CCCNC(C)CCCCS(=O)CC(C)CC. The van der Waals surface area contributed by atoms with E-state index in [4.69, 9.17) is 0 Å². The van der Waals surface area contributed by atoms with E-state index in [9.17, 15) is 4.21 Å². The van der Waals surface area contributed by atoms with Crippen molar-refractivity contribution in [3.8, 4) is 0 Å². The van der Waals surface area contributed by atoms with E-state index < -0.39 is 10.8 Å². The summed E-state index contributed by atoms with van der Waals surface area (Å²) in [5, 5.41) is 3.49. The second kappa shape index (κ2) is 11.2. The van der Waals surface area contributed by atoms with Gasteiger partial charge in [-0.05, 0) is 38.6 Å². The minimum absolute atomic E-state index is 0.590. The Balaban J connectivity index is 3.41. The molecule has 3 unspecified atom stereocenters.